The van der Waals surface area contributed by atoms with Crippen molar-refractivity contribution in [1.82, 2.24) is 5.32 Å². The zero-order chi connectivity index (χ0) is 12.8. The fourth-order valence-corrected chi connectivity index (χ4v) is 0.872. The third-order valence-electron chi connectivity index (χ3n) is 1.44. The van der Waals surface area contributed by atoms with E-state index >= 15 is 0 Å². The highest BCUT2D eigenvalue weighted by Gasteiger charge is 2.24. The Balaban J connectivity index is 4.22. The molecular formula is C10H19NO5. The summed E-state index contributed by atoms with van der Waals surface area (Å²) in [6.07, 6.45) is -0.764. The van der Waals surface area contributed by atoms with Gasteiger partial charge < -0.3 is 19.9 Å². The molecule has 6 heteroatoms. The summed E-state index contributed by atoms with van der Waals surface area (Å²) in [4.78, 5) is 22.5. The molecule has 0 saturated heterocycles. The minimum Gasteiger partial charge on any atom is -0.464 e. The van der Waals surface area contributed by atoms with E-state index in [1.54, 1.807) is 27.7 Å². The molecule has 2 N–H and O–H groups in total. The molecule has 0 heterocycles. The monoisotopic (exact) mass is 233 g/mol. The van der Waals surface area contributed by atoms with Gasteiger partial charge in [-0.1, -0.05) is 0 Å². The van der Waals surface area contributed by atoms with Crippen molar-refractivity contribution in [2.45, 2.75) is 39.3 Å². The van der Waals surface area contributed by atoms with Gasteiger partial charge in [-0.15, -0.1) is 0 Å². The summed E-state index contributed by atoms with van der Waals surface area (Å²) in [5.41, 5.74) is -0.654. The van der Waals surface area contributed by atoms with E-state index in [-0.39, 0.29) is 6.61 Å². The number of hydrogen-bond acceptors (Lipinski definition) is 5. The van der Waals surface area contributed by atoms with Crippen LogP contribution in [-0.2, 0) is 14.3 Å². The lowest BCUT2D eigenvalue weighted by Crippen LogP contribution is -2.46. The second kappa shape index (κ2) is 6.32. The Morgan fingerprint density at radius 2 is 1.94 bits per heavy atom. The van der Waals surface area contributed by atoms with E-state index in [1.807, 2.05) is 0 Å². The van der Waals surface area contributed by atoms with Gasteiger partial charge in [-0.25, -0.2) is 9.59 Å². The van der Waals surface area contributed by atoms with Gasteiger partial charge in [-0.05, 0) is 27.7 Å². The van der Waals surface area contributed by atoms with Crippen LogP contribution in [0.15, 0.2) is 0 Å². The summed E-state index contributed by atoms with van der Waals surface area (Å²) >= 11 is 0. The van der Waals surface area contributed by atoms with E-state index in [4.69, 9.17) is 9.84 Å². The molecule has 0 aliphatic rings. The number of amides is 1. The van der Waals surface area contributed by atoms with Crippen molar-refractivity contribution in [1.29, 1.82) is 0 Å². The topological polar surface area (TPSA) is 84.9 Å². The average Bonchev–Trinajstić information content (AvgIpc) is 2.11. The lowest BCUT2D eigenvalue weighted by molar-refractivity contribution is -0.146. The van der Waals surface area contributed by atoms with Gasteiger partial charge in [-0.3, -0.25) is 0 Å². The van der Waals surface area contributed by atoms with Crippen LogP contribution in [0.2, 0.25) is 0 Å². The lowest BCUT2D eigenvalue weighted by atomic mass is 10.2. The van der Waals surface area contributed by atoms with Gasteiger partial charge in [-0.2, -0.15) is 0 Å². The van der Waals surface area contributed by atoms with Crippen molar-refractivity contribution < 1.29 is 24.2 Å². The van der Waals surface area contributed by atoms with Gasteiger partial charge in [0.2, 0.25) is 0 Å². The Morgan fingerprint density at radius 1 is 1.38 bits per heavy atom. The number of esters is 1. The van der Waals surface area contributed by atoms with Crippen molar-refractivity contribution in [3.8, 4) is 0 Å². The Bertz CT molecular complexity index is 246. The van der Waals surface area contributed by atoms with Crippen molar-refractivity contribution in [3.63, 3.8) is 0 Å². The fraction of sp³-hybridized carbons (Fsp3) is 0.800. The fourth-order valence-electron chi connectivity index (χ4n) is 0.872. The first-order valence-corrected chi connectivity index (χ1v) is 5.07. The smallest absolute Gasteiger partial charge is 0.408 e. The number of carbonyl (C=O) groups is 2. The van der Waals surface area contributed by atoms with Gasteiger partial charge in [0.05, 0.1) is 13.2 Å². The molecule has 0 aromatic carbocycles. The number of hydrogen-bond donors (Lipinski definition) is 2. The molecule has 0 aromatic rings. The highest BCUT2D eigenvalue weighted by Crippen LogP contribution is 2.06. The van der Waals surface area contributed by atoms with Crippen LogP contribution < -0.4 is 5.32 Å². The van der Waals surface area contributed by atoms with Crippen molar-refractivity contribution in [2.75, 3.05) is 13.2 Å². The first-order chi connectivity index (χ1) is 7.30. The minimum absolute atomic E-state index is 0.186. The van der Waals surface area contributed by atoms with Crippen LogP contribution in [0, 0.1) is 0 Å². The molecule has 16 heavy (non-hydrogen) atoms. The number of aliphatic hydroxyl groups excluding tert-OH is 1. The first kappa shape index (κ1) is 14.7. The standard InChI is InChI=1S/C10H19NO5/c1-5-15-8(13)7(6-12)11-9(14)16-10(2,3)4/h7,12H,5-6H2,1-4H3,(H,11,14)/t7-/m0/s1. The zero-order valence-corrected chi connectivity index (χ0v) is 10.1. The van der Waals surface area contributed by atoms with Crippen LogP contribution in [0.1, 0.15) is 27.7 Å². The van der Waals surface area contributed by atoms with Crippen LogP contribution in [0.3, 0.4) is 0 Å². The molecule has 0 aromatic heterocycles. The average molecular weight is 233 g/mol. The molecule has 0 rings (SSSR count). The number of aliphatic hydroxyl groups is 1. The van der Waals surface area contributed by atoms with E-state index in [0.717, 1.165) is 0 Å². The quantitative estimate of drug-likeness (QED) is 0.688. The van der Waals surface area contributed by atoms with E-state index in [9.17, 15) is 9.59 Å². The number of ether oxygens (including phenoxy) is 2. The van der Waals surface area contributed by atoms with Crippen molar-refractivity contribution in [2.24, 2.45) is 0 Å². The molecule has 0 saturated carbocycles. The summed E-state index contributed by atoms with van der Waals surface area (Å²) in [6.45, 7) is 6.39. The van der Waals surface area contributed by atoms with Crippen LogP contribution >= 0.6 is 0 Å². The molecule has 0 unspecified atom stereocenters. The molecule has 94 valence electrons. The number of nitrogens with one attached hydrogen (secondary N) is 1. The molecule has 0 radical (unpaired) electrons. The summed E-state index contributed by atoms with van der Waals surface area (Å²) in [5.74, 6) is -0.684. The Hall–Kier alpha value is -1.30. The largest absolute Gasteiger partial charge is 0.464 e. The van der Waals surface area contributed by atoms with Crippen LogP contribution in [0.25, 0.3) is 0 Å². The normalized spacial score (nSPS) is 12.8. The predicted octanol–water partition coefficient (Wildman–Crippen LogP) is 0.435. The van der Waals surface area contributed by atoms with Gasteiger partial charge in [0.15, 0.2) is 6.04 Å². The molecule has 0 bridgehead atoms. The second-order valence-electron chi connectivity index (χ2n) is 4.13. The molecule has 0 aliphatic heterocycles. The van der Waals surface area contributed by atoms with Crippen LogP contribution in [0.5, 0.6) is 0 Å². The second-order valence-corrected chi connectivity index (χ2v) is 4.13. The highest BCUT2D eigenvalue weighted by molar-refractivity contribution is 5.81. The molecule has 1 amide bonds. The molecule has 1 atom stereocenters. The Kier molecular flexibility index (Phi) is 5.81. The van der Waals surface area contributed by atoms with Gasteiger partial charge in [0.25, 0.3) is 0 Å². The first-order valence-electron chi connectivity index (χ1n) is 5.07. The molecule has 6 nitrogen and oxygen atoms in total. The summed E-state index contributed by atoms with van der Waals surface area (Å²) < 4.78 is 9.59. The maximum atomic E-state index is 11.3. The SMILES string of the molecule is CCOC(=O)[C@H](CO)NC(=O)OC(C)(C)C. The maximum absolute atomic E-state index is 11.3. The third-order valence-corrected chi connectivity index (χ3v) is 1.44. The zero-order valence-electron chi connectivity index (χ0n) is 10.1. The Labute approximate surface area is 94.9 Å². The highest BCUT2D eigenvalue weighted by atomic mass is 16.6. The number of rotatable bonds is 4. The van der Waals surface area contributed by atoms with Crippen LogP contribution in [0.4, 0.5) is 4.79 Å². The minimum atomic E-state index is -1.09. The van der Waals surface area contributed by atoms with Crippen molar-refractivity contribution in [3.05, 3.63) is 0 Å². The molecule has 0 spiro atoms. The molecular weight excluding hydrogens is 214 g/mol. The molecule has 0 fully saturated rings. The predicted molar refractivity (Wildman–Crippen MR) is 56.9 cm³/mol. The lowest BCUT2D eigenvalue weighted by Gasteiger charge is -2.21. The van der Waals surface area contributed by atoms with E-state index in [2.05, 4.69) is 10.1 Å². The van der Waals surface area contributed by atoms with Gasteiger partial charge in [0.1, 0.15) is 5.60 Å². The van der Waals surface area contributed by atoms with Gasteiger partial charge in [0, 0.05) is 0 Å². The van der Waals surface area contributed by atoms with E-state index in [1.165, 1.54) is 0 Å². The maximum Gasteiger partial charge on any atom is 0.408 e. The van der Waals surface area contributed by atoms with Crippen LogP contribution in [-0.4, -0.2) is 42.0 Å². The van der Waals surface area contributed by atoms with Crippen molar-refractivity contribution >= 4 is 12.1 Å². The van der Waals surface area contributed by atoms with E-state index < -0.39 is 30.3 Å². The summed E-state index contributed by atoms with van der Waals surface area (Å²) in [5, 5.41) is 11.1. The third kappa shape index (κ3) is 6.23. The van der Waals surface area contributed by atoms with Gasteiger partial charge >= 0.3 is 12.1 Å². The number of carbonyl (C=O) groups excluding carboxylic acids is 2. The summed E-state index contributed by atoms with van der Waals surface area (Å²) in [7, 11) is 0. The number of alkyl carbamates (subject to hydrolysis) is 1. The van der Waals surface area contributed by atoms with E-state index in [0.29, 0.717) is 0 Å². The summed E-state index contributed by atoms with van der Waals surface area (Å²) in [6, 6.07) is -1.09. The Morgan fingerprint density at radius 3 is 2.31 bits per heavy atom. The molecule has 0 aliphatic carbocycles.